The predicted octanol–water partition coefficient (Wildman–Crippen LogP) is 6.83. The first-order valence-corrected chi connectivity index (χ1v) is 14.7. The highest BCUT2D eigenvalue weighted by Gasteiger charge is 2.48. The van der Waals surface area contributed by atoms with Crippen molar-refractivity contribution in [3.8, 4) is 0 Å². The van der Waals surface area contributed by atoms with Crippen LogP contribution < -0.4 is 0 Å². The molecular formula is C34H45N3O2. The number of nitrogens with zero attached hydrogens (tertiary/aromatic N) is 2. The highest BCUT2D eigenvalue weighted by molar-refractivity contribution is 5.97. The van der Waals surface area contributed by atoms with Crippen LogP contribution in [-0.2, 0) is 9.47 Å². The Hall–Kier alpha value is -2.73. The lowest BCUT2D eigenvalue weighted by Gasteiger charge is -2.39. The van der Waals surface area contributed by atoms with E-state index in [2.05, 4.69) is 91.2 Å². The number of hydrogen-bond donors (Lipinski definition) is 1. The fourth-order valence-electron chi connectivity index (χ4n) is 6.61. The number of unbranched alkanes of at least 4 members (excludes halogenated alkanes) is 1. The van der Waals surface area contributed by atoms with E-state index < -0.39 is 0 Å². The minimum atomic E-state index is -0.107. The molecule has 5 rings (SSSR count). The second kappa shape index (κ2) is 12.2. The van der Waals surface area contributed by atoms with Crippen LogP contribution in [0, 0.1) is 16.7 Å². The van der Waals surface area contributed by atoms with E-state index in [9.17, 15) is 0 Å². The third-order valence-electron chi connectivity index (χ3n) is 9.01. The summed E-state index contributed by atoms with van der Waals surface area (Å²) < 4.78 is 12.4. The van der Waals surface area contributed by atoms with Crippen LogP contribution in [0.2, 0.25) is 0 Å². The molecular weight excluding hydrogens is 482 g/mol. The number of fused-ring (bicyclic) bond motifs is 1. The second-order valence-electron chi connectivity index (χ2n) is 11.9. The summed E-state index contributed by atoms with van der Waals surface area (Å²) in [4.78, 5) is 5.18. The molecule has 3 aliphatic rings. The molecule has 39 heavy (non-hydrogen) atoms. The first-order chi connectivity index (χ1) is 18.9. The Morgan fingerprint density at radius 3 is 2.08 bits per heavy atom. The zero-order valence-corrected chi connectivity index (χ0v) is 24.2. The number of piperazine rings is 1. The smallest absolute Gasteiger partial charge is 0.108 e. The summed E-state index contributed by atoms with van der Waals surface area (Å²) in [6, 6.07) is 21.1. The van der Waals surface area contributed by atoms with Crippen molar-refractivity contribution in [2.45, 2.75) is 53.1 Å². The summed E-state index contributed by atoms with van der Waals surface area (Å²) in [5, 5.41) is 9.09. The Labute approximate surface area is 235 Å². The minimum absolute atomic E-state index is 0.00948. The molecule has 208 valence electrons. The van der Waals surface area contributed by atoms with Crippen molar-refractivity contribution in [1.82, 2.24) is 9.80 Å². The second-order valence-corrected chi connectivity index (χ2v) is 11.9. The highest BCUT2D eigenvalue weighted by atomic mass is 16.5. The molecule has 2 atom stereocenters. The number of nitrogens with one attached hydrogen (secondary N) is 1. The van der Waals surface area contributed by atoms with Gasteiger partial charge in [-0.25, -0.2) is 0 Å². The lowest BCUT2D eigenvalue weighted by atomic mass is 9.83. The van der Waals surface area contributed by atoms with E-state index in [1.807, 2.05) is 6.92 Å². The molecule has 2 fully saturated rings. The normalized spacial score (nSPS) is 24.4. The molecule has 1 saturated carbocycles. The molecule has 1 aliphatic carbocycles. The van der Waals surface area contributed by atoms with Gasteiger partial charge in [-0.15, -0.1) is 0 Å². The number of rotatable bonds is 10. The van der Waals surface area contributed by atoms with Crippen LogP contribution in [-0.4, -0.2) is 61.4 Å². The van der Waals surface area contributed by atoms with E-state index in [1.165, 1.54) is 22.3 Å². The van der Waals surface area contributed by atoms with E-state index in [0.717, 1.165) is 82.4 Å². The van der Waals surface area contributed by atoms with Crippen LogP contribution in [0.25, 0.3) is 0 Å². The van der Waals surface area contributed by atoms with Crippen molar-refractivity contribution in [3.05, 3.63) is 94.5 Å². The van der Waals surface area contributed by atoms with Gasteiger partial charge in [0.25, 0.3) is 0 Å². The van der Waals surface area contributed by atoms with Gasteiger partial charge in [-0.3, -0.25) is 4.90 Å². The van der Waals surface area contributed by atoms with Gasteiger partial charge >= 0.3 is 0 Å². The molecule has 0 radical (unpaired) electrons. The molecule has 1 N–H and O–H groups in total. The number of allylic oxidation sites excluding steroid dienone is 4. The molecule has 0 bridgehead atoms. The van der Waals surface area contributed by atoms with E-state index in [4.69, 9.17) is 14.9 Å². The molecule has 0 amide bonds. The maximum atomic E-state index is 9.09. The SMILES string of the molecule is CC1=C(C)C2C(=N)C(C)(CN3CCN(CCCCOC(c4ccccc4)c4ccccc4)CC3)CC2=C(C)O1. The van der Waals surface area contributed by atoms with E-state index in [0.29, 0.717) is 0 Å². The minimum Gasteiger partial charge on any atom is -0.467 e. The van der Waals surface area contributed by atoms with Gasteiger partial charge in [-0.2, -0.15) is 0 Å². The van der Waals surface area contributed by atoms with Crippen LogP contribution in [0.15, 0.2) is 83.3 Å². The first-order valence-electron chi connectivity index (χ1n) is 14.7. The van der Waals surface area contributed by atoms with Crippen LogP contribution in [0.3, 0.4) is 0 Å². The molecule has 0 aromatic heterocycles. The Bertz CT molecular complexity index is 1160. The lowest BCUT2D eigenvalue weighted by molar-refractivity contribution is 0.0714. The number of hydrogen-bond acceptors (Lipinski definition) is 5. The molecule has 2 heterocycles. The van der Waals surface area contributed by atoms with E-state index in [1.54, 1.807) is 0 Å². The van der Waals surface area contributed by atoms with Gasteiger partial charge in [0.05, 0.1) is 0 Å². The van der Waals surface area contributed by atoms with Crippen molar-refractivity contribution in [1.29, 1.82) is 5.41 Å². The molecule has 5 heteroatoms. The van der Waals surface area contributed by atoms with Gasteiger partial charge in [0.15, 0.2) is 0 Å². The zero-order valence-electron chi connectivity index (χ0n) is 24.2. The van der Waals surface area contributed by atoms with Crippen LogP contribution in [0.4, 0.5) is 0 Å². The molecule has 2 aromatic rings. The average Bonchev–Trinajstić information content (AvgIpc) is 3.22. The van der Waals surface area contributed by atoms with Crippen molar-refractivity contribution < 1.29 is 9.47 Å². The fourth-order valence-corrected chi connectivity index (χ4v) is 6.61. The first kappa shape index (κ1) is 27.8. The van der Waals surface area contributed by atoms with Crippen molar-refractivity contribution in [2.24, 2.45) is 11.3 Å². The van der Waals surface area contributed by atoms with Crippen LogP contribution >= 0.6 is 0 Å². The quantitative estimate of drug-likeness (QED) is 0.344. The summed E-state index contributed by atoms with van der Waals surface area (Å²) in [6.07, 6.45) is 3.15. The summed E-state index contributed by atoms with van der Waals surface area (Å²) >= 11 is 0. The summed E-state index contributed by atoms with van der Waals surface area (Å²) in [6.45, 7) is 15.8. The Morgan fingerprint density at radius 1 is 0.872 bits per heavy atom. The Kier molecular flexibility index (Phi) is 8.70. The molecule has 2 aromatic carbocycles. The molecule has 0 spiro atoms. The standard InChI is InChI=1S/C34H45N3O2/c1-25-26(2)39-27(3)30-23-34(4,33(35)31(25)30)24-37-20-18-36(19-21-37)17-11-12-22-38-32(28-13-7-5-8-14-28)29-15-9-6-10-16-29/h5-10,13-16,31-32,35H,11-12,17-24H2,1-4H3. The summed E-state index contributed by atoms with van der Waals surface area (Å²) in [7, 11) is 0. The van der Waals surface area contributed by atoms with Gasteiger partial charge in [0.2, 0.25) is 0 Å². The van der Waals surface area contributed by atoms with Gasteiger partial charge < -0.3 is 19.8 Å². The molecule has 5 nitrogen and oxygen atoms in total. The highest BCUT2D eigenvalue weighted by Crippen LogP contribution is 2.50. The third-order valence-corrected chi connectivity index (χ3v) is 9.01. The maximum absolute atomic E-state index is 9.09. The van der Waals surface area contributed by atoms with Gasteiger partial charge in [0, 0.05) is 56.4 Å². The van der Waals surface area contributed by atoms with Gasteiger partial charge in [-0.1, -0.05) is 67.6 Å². The van der Waals surface area contributed by atoms with Gasteiger partial charge in [-0.05, 0) is 68.9 Å². The predicted molar refractivity (Wildman–Crippen MR) is 159 cm³/mol. The number of benzene rings is 2. The van der Waals surface area contributed by atoms with Crippen molar-refractivity contribution in [2.75, 3.05) is 45.9 Å². The average molecular weight is 528 g/mol. The van der Waals surface area contributed by atoms with Crippen LogP contribution in [0.5, 0.6) is 0 Å². The monoisotopic (exact) mass is 527 g/mol. The maximum Gasteiger partial charge on any atom is 0.108 e. The van der Waals surface area contributed by atoms with Crippen molar-refractivity contribution >= 4 is 5.71 Å². The topological polar surface area (TPSA) is 48.8 Å². The zero-order chi connectivity index (χ0) is 27.4. The fraction of sp³-hybridized carbons (Fsp3) is 0.500. The number of ether oxygens (including phenoxy) is 2. The van der Waals surface area contributed by atoms with Crippen molar-refractivity contribution in [3.63, 3.8) is 0 Å². The Balaban J connectivity index is 1.06. The molecule has 2 unspecified atom stereocenters. The largest absolute Gasteiger partial charge is 0.467 e. The summed E-state index contributed by atoms with van der Waals surface area (Å²) in [5.74, 6) is 2.14. The third kappa shape index (κ3) is 6.21. The summed E-state index contributed by atoms with van der Waals surface area (Å²) in [5.41, 5.74) is 5.74. The van der Waals surface area contributed by atoms with Gasteiger partial charge in [0.1, 0.15) is 17.6 Å². The molecule has 1 saturated heterocycles. The Morgan fingerprint density at radius 2 is 1.46 bits per heavy atom. The molecule has 2 aliphatic heterocycles. The van der Waals surface area contributed by atoms with E-state index >= 15 is 0 Å². The van der Waals surface area contributed by atoms with Crippen LogP contribution in [0.1, 0.15) is 64.2 Å². The van der Waals surface area contributed by atoms with E-state index in [-0.39, 0.29) is 17.4 Å². The lowest BCUT2D eigenvalue weighted by Crippen LogP contribution is -2.50.